The number of rotatable bonds is 7. The molecule has 1 aliphatic heterocycles. The van der Waals surface area contributed by atoms with E-state index in [0.29, 0.717) is 22.7 Å². The van der Waals surface area contributed by atoms with E-state index in [4.69, 9.17) is 4.74 Å². The first-order chi connectivity index (χ1) is 13.7. The van der Waals surface area contributed by atoms with Gasteiger partial charge in [-0.2, -0.15) is 0 Å². The van der Waals surface area contributed by atoms with Crippen molar-refractivity contribution in [2.24, 2.45) is 0 Å². The summed E-state index contributed by atoms with van der Waals surface area (Å²) in [4.78, 5) is 26.4. The van der Waals surface area contributed by atoms with Crippen LogP contribution in [0.15, 0.2) is 48.5 Å². The van der Waals surface area contributed by atoms with Gasteiger partial charge < -0.3 is 15.0 Å². The summed E-state index contributed by atoms with van der Waals surface area (Å²) in [5.41, 5.74) is 1.71. The first kappa shape index (κ1) is 20.7. The van der Waals surface area contributed by atoms with Crippen molar-refractivity contribution in [1.29, 1.82) is 0 Å². The van der Waals surface area contributed by atoms with Crippen LogP contribution in [0.2, 0.25) is 0 Å². The quantitative estimate of drug-likeness (QED) is 0.716. The fourth-order valence-corrected chi connectivity index (χ4v) is 3.66. The molecule has 1 aliphatic rings. The zero-order valence-corrected chi connectivity index (χ0v) is 17.0. The molecule has 0 saturated heterocycles. The molecule has 0 radical (unpaired) electrons. The lowest BCUT2D eigenvalue weighted by atomic mass is 10.1. The van der Waals surface area contributed by atoms with Crippen molar-refractivity contribution in [3.05, 3.63) is 54.1 Å². The van der Waals surface area contributed by atoms with Gasteiger partial charge in [0.25, 0.3) is 5.91 Å². The highest BCUT2D eigenvalue weighted by Crippen LogP contribution is 2.33. The Kier molecular flexibility index (Phi) is 6.07. The van der Waals surface area contributed by atoms with Gasteiger partial charge in [0, 0.05) is 19.5 Å². The van der Waals surface area contributed by atoms with E-state index in [2.05, 4.69) is 10.0 Å². The normalized spacial score (nSPS) is 16.0. The number of carbonyl (C=O) groups excluding carboxylic acids is 2. The standard InChI is InChI=1S/C20H23N3O5S/c1-14-20(25)23(17-9-5-6-10-18(17)28-14)12-11-19(24)21-13-15-7-3-4-8-16(15)22-29(2,26)27/h3-10,14,22H,11-13H2,1-2H3,(H,21,24). The number of anilines is 2. The van der Waals surface area contributed by atoms with E-state index in [-0.39, 0.29) is 31.3 Å². The maximum absolute atomic E-state index is 12.5. The van der Waals surface area contributed by atoms with E-state index in [1.54, 1.807) is 48.2 Å². The van der Waals surface area contributed by atoms with Crippen LogP contribution in [-0.4, -0.2) is 39.1 Å². The van der Waals surface area contributed by atoms with E-state index in [9.17, 15) is 18.0 Å². The van der Waals surface area contributed by atoms with Crippen molar-refractivity contribution in [1.82, 2.24) is 5.32 Å². The molecule has 2 N–H and O–H groups in total. The van der Waals surface area contributed by atoms with Crippen LogP contribution in [-0.2, 0) is 26.2 Å². The average Bonchev–Trinajstić information content (AvgIpc) is 2.66. The third kappa shape index (κ3) is 5.26. The van der Waals surface area contributed by atoms with Crippen LogP contribution in [0.3, 0.4) is 0 Å². The van der Waals surface area contributed by atoms with Crippen LogP contribution in [0.4, 0.5) is 11.4 Å². The molecule has 9 heteroatoms. The minimum Gasteiger partial charge on any atom is -0.479 e. The third-order valence-corrected chi connectivity index (χ3v) is 5.02. The molecule has 2 aromatic carbocycles. The SMILES string of the molecule is CC1Oc2ccccc2N(CCC(=O)NCc2ccccc2NS(C)(=O)=O)C1=O. The Bertz CT molecular complexity index is 1020. The van der Waals surface area contributed by atoms with Crippen molar-refractivity contribution in [3.63, 3.8) is 0 Å². The zero-order valence-electron chi connectivity index (χ0n) is 16.2. The molecule has 29 heavy (non-hydrogen) atoms. The molecule has 2 aromatic rings. The maximum atomic E-state index is 12.5. The first-order valence-electron chi connectivity index (χ1n) is 9.14. The number of hydrogen-bond donors (Lipinski definition) is 2. The smallest absolute Gasteiger partial charge is 0.267 e. The van der Waals surface area contributed by atoms with E-state index in [0.717, 1.165) is 6.26 Å². The van der Waals surface area contributed by atoms with E-state index in [1.807, 2.05) is 12.1 Å². The number of nitrogens with zero attached hydrogens (tertiary/aromatic N) is 1. The molecule has 0 fully saturated rings. The highest BCUT2D eigenvalue weighted by Gasteiger charge is 2.31. The minimum atomic E-state index is -3.42. The van der Waals surface area contributed by atoms with Crippen molar-refractivity contribution in [2.75, 3.05) is 22.4 Å². The van der Waals surface area contributed by atoms with Crippen LogP contribution in [0.5, 0.6) is 5.75 Å². The molecule has 0 spiro atoms. The number of fused-ring (bicyclic) bond motifs is 1. The van der Waals surface area contributed by atoms with Crippen LogP contribution < -0.4 is 19.7 Å². The Morgan fingerprint density at radius 1 is 1.14 bits per heavy atom. The Balaban J connectivity index is 1.61. The summed E-state index contributed by atoms with van der Waals surface area (Å²) < 4.78 is 31.0. The predicted octanol–water partition coefficient (Wildman–Crippen LogP) is 1.88. The van der Waals surface area contributed by atoms with Gasteiger partial charge in [-0.3, -0.25) is 14.3 Å². The van der Waals surface area contributed by atoms with Crippen LogP contribution in [0.1, 0.15) is 18.9 Å². The van der Waals surface area contributed by atoms with Gasteiger partial charge in [-0.05, 0) is 30.7 Å². The molecule has 154 valence electrons. The fourth-order valence-electron chi connectivity index (χ4n) is 3.06. The Hall–Kier alpha value is -3.07. The topological polar surface area (TPSA) is 105 Å². The molecular formula is C20H23N3O5S. The minimum absolute atomic E-state index is 0.106. The number of para-hydroxylation sites is 3. The lowest BCUT2D eigenvalue weighted by Gasteiger charge is -2.32. The Morgan fingerprint density at radius 2 is 1.83 bits per heavy atom. The Morgan fingerprint density at radius 3 is 2.59 bits per heavy atom. The molecule has 0 saturated carbocycles. The monoisotopic (exact) mass is 417 g/mol. The second-order valence-electron chi connectivity index (χ2n) is 6.78. The second-order valence-corrected chi connectivity index (χ2v) is 8.52. The van der Waals surface area contributed by atoms with E-state index >= 15 is 0 Å². The zero-order chi connectivity index (χ0) is 21.0. The van der Waals surface area contributed by atoms with Gasteiger partial charge in [-0.1, -0.05) is 30.3 Å². The molecule has 1 unspecified atom stereocenters. The second kappa shape index (κ2) is 8.52. The van der Waals surface area contributed by atoms with E-state index in [1.165, 1.54) is 0 Å². The van der Waals surface area contributed by atoms with Gasteiger partial charge >= 0.3 is 0 Å². The molecule has 3 rings (SSSR count). The number of nitrogens with one attached hydrogen (secondary N) is 2. The molecule has 1 heterocycles. The maximum Gasteiger partial charge on any atom is 0.267 e. The predicted molar refractivity (Wildman–Crippen MR) is 110 cm³/mol. The number of hydrogen-bond acceptors (Lipinski definition) is 5. The van der Waals surface area contributed by atoms with Gasteiger partial charge in [-0.15, -0.1) is 0 Å². The molecule has 0 aromatic heterocycles. The van der Waals surface area contributed by atoms with Crippen LogP contribution in [0.25, 0.3) is 0 Å². The first-order valence-corrected chi connectivity index (χ1v) is 11.0. The van der Waals surface area contributed by atoms with Crippen molar-refractivity contribution in [3.8, 4) is 5.75 Å². The molecule has 1 atom stereocenters. The largest absolute Gasteiger partial charge is 0.479 e. The number of carbonyl (C=O) groups is 2. The van der Waals surface area contributed by atoms with Gasteiger partial charge in [0.2, 0.25) is 15.9 Å². The highest BCUT2D eigenvalue weighted by molar-refractivity contribution is 7.92. The van der Waals surface area contributed by atoms with Crippen LogP contribution >= 0.6 is 0 Å². The van der Waals surface area contributed by atoms with Crippen molar-refractivity contribution < 1.29 is 22.7 Å². The van der Waals surface area contributed by atoms with Crippen LogP contribution in [0, 0.1) is 0 Å². The fraction of sp³-hybridized carbons (Fsp3) is 0.300. The summed E-state index contributed by atoms with van der Waals surface area (Å²) in [6, 6.07) is 14.0. The molecule has 8 nitrogen and oxygen atoms in total. The lowest BCUT2D eigenvalue weighted by molar-refractivity contribution is -0.125. The lowest BCUT2D eigenvalue weighted by Crippen LogP contribution is -2.45. The summed E-state index contributed by atoms with van der Waals surface area (Å²) in [5.74, 6) is 0.170. The Labute approximate surface area is 169 Å². The summed E-state index contributed by atoms with van der Waals surface area (Å²) >= 11 is 0. The number of benzene rings is 2. The van der Waals surface area contributed by atoms with Gasteiger partial charge in [-0.25, -0.2) is 8.42 Å². The van der Waals surface area contributed by atoms with Crippen molar-refractivity contribution >= 4 is 33.2 Å². The van der Waals surface area contributed by atoms with Gasteiger partial charge in [0.05, 0.1) is 17.6 Å². The third-order valence-electron chi connectivity index (χ3n) is 4.42. The van der Waals surface area contributed by atoms with Crippen molar-refractivity contribution in [2.45, 2.75) is 26.0 Å². The number of ether oxygens (including phenoxy) is 1. The summed E-state index contributed by atoms with van der Waals surface area (Å²) in [5, 5.41) is 2.77. The van der Waals surface area contributed by atoms with Gasteiger partial charge in [0.15, 0.2) is 6.10 Å². The summed E-state index contributed by atoms with van der Waals surface area (Å²) in [6.07, 6.45) is 0.566. The van der Waals surface area contributed by atoms with Gasteiger partial charge in [0.1, 0.15) is 5.75 Å². The number of sulfonamides is 1. The molecule has 0 aliphatic carbocycles. The molecular weight excluding hydrogens is 394 g/mol. The number of amides is 2. The summed E-state index contributed by atoms with van der Waals surface area (Å²) in [7, 11) is -3.42. The highest BCUT2D eigenvalue weighted by atomic mass is 32.2. The molecule has 0 bridgehead atoms. The molecule has 2 amide bonds. The average molecular weight is 417 g/mol. The van der Waals surface area contributed by atoms with E-state index < -0.39 is 16.1 Å². The summed E-state index contributed by atoms with van der Waals surface area (Å²) in [6.45, 7) is 2.07.